The molecule has 7 heteroatoms. The second-order valence-corrected chi connectivity index (χ2v) is 6.21. The molecule has 1 amide bonds. The molecule has 0 aliphatic heterocycles. The summed E-state index contributed by atoms with van der Waals surface area (Å²) in [5.41, 5.74) is 6.40. The highest BCUT2D eigenvalue weighted by Gasteiger charge is 2.13. The Morgan fingerprint density at radius 3 is 2.72 bits per heavy atom. The van der Waals surface area contributed by atoms with Crippen LogP contribution in [0, 0.1) is 11.3 Å². The Bertz CT molecular complexity index is 875. The van der Waals surface area contributed by atoms with E-state index in [9.17, 15) is 4.79 Å². The van der Waals surface area contributed by atoms with Crippen LogP contribution < -0.4 is 15.2 Å². The molecule has 25 heavy (non-hydrogen) atoms. The van der Waals surface area contributed by atoms with Gasteiger partial charge in [0.05, 0.1) is 11.6 Å². The van der Waals surface area contributed by atoms with E-state index in [1.807, 2.05) is 18.2 Å². The van der Waals surface area contributed by atoms with Crippen LogP contribution in [-0.2, 0) is 11.4 Å². The molecular weight excluding hydrogens is 408 g/mol. The highest BCUT2D eigenvalue weighted by molar-refractivity contribution is 9.10. The molecule has 0 spiro atoms. The number of benzene rings is 2. The largest absolute Gasteiger partial charge is 0.493 e. The molecule has 2 rings (SSSR count). The van der Waals surface area contributed by atoms with Crippen molar-refractivity contribution in [1.82, 2.24) is 0 Å². The third-order valence-electron chi connectivity index (χ3n) is 3.28. The van der Waals surface area contributed by atoms with Crippen LogP contribution in [0.3, 0.4) is 0 Å². The van der Waals surface area contributed by atoms with E-state index in [0.29, 0.717) is 26.6 Å². The van der Waals surface area contributed by atoms with Gasteiger partial charge in [-0.2, -0.15) is 5.26 Å². The third kappa shape index (κ3) is 4.75. The molecule has 0 radical (unpaired) electrons. The fourth-order valence-electron chi connectivity index (χ4n) is 2.05. The Morgan fingerprint density at radius 2 is 2.12 bits per heavy atom. The predicted molar refractivity (Wildman–Crippen MR) is 99.3 cm³/mol. The minimum absolute atomic E-state index is 0.154. The topological polar surface area (TPSA) is 85.3 Å². The Kier molecular flexibility index (Phi) is 6.45. The summed E-state index contributed by atoms with van der Waals surface area (Å²) in [5.74, 6) is 0.128. The quantitative estimate of drug-likeness (QED) is 0.562. The number of primary amides is 1. The van der Waals surface area contributed by atoms with E-state index in [-0.39, 0.29) is 12.2 Å². The van der Waals surface area contributed by atoms with Gasteiger partial charge in [0.25, 0.3) is 5.91 Å². The van der Waals surface area contributed by atoms with Crippen LogP contribution in [0.1, 0.15) is 11.1 Å². The number of rotatable bonds is 6. The summed E-state index contributed by atoms with van der Waals surface area (Å²) in [7, 11) is 1.50. The normalized spacial score (nSPS) is 10.9. The summed E-state index contributed by atoms with van der Waals surface area (Å²) < 4.78 is 11.8. The smallest absolute Gasteiger partial charge is 0.259 e. The van der Waals surface area contributed by atoms with Gasteiger partial charge in [0.2, 0.25) is 0 Å². The molecule has 0 aliphatic rings. The maximum absolute atomic E-state index is 11.2. The Morgan fingerprint density at radius 1 is 1.40 bits per heavy atom. The minimum atomic E-state index is -0.795. The van der Waals surface area contributed by atoms with E-state index < -0.39 is 5.91 Å². The summed E-state index contributed by atoms with van der Waals surface area (Å²) in [4.78, 5) is 11.2. The lowest BCUT2D eigenvalue weighted by molar-refractivity contribution is -0.114. The number of carbonyl (C=O) groups is 1. The van der Waals surface area contributed by atoms with Gasteiger partial charge in [-0.25, -0.2) is 0 Å². The van der Waals surface area contributed by atoms with Crippen molar-refractivity contribution < 1.29 is 14.3 Å². The number of methoxy groups -OCH3 is 1. The molecule has 0 saturated heterocycles. The molecule has 2 N–H and O–H groups in total. The van der Waals surface area contributed by atoms with E-state index in [0.717, 1.165) is 5.56 Å². The molecule has 0 aliphatic carbocycles. The van der Waals surface area contributed by atoms with Crippen molar-refractivity contribution in [2.45, 2.75) is 6.61 Å². The lowest BCUT2D eigenvalue weighted by atomic mass is 10.1. The highest BCUT2D eigenvalue weighted by Crippen LogP contribution is 2.38. The molecular formula is C18H14BrClN2O3. The summed E-state index contributed by atoms with van der Waals surface area (Å²) in [6, 6.07) is 12.5. The van der Waals surface area contributed by atoms with Crippen molar-refractivity contribution in [3.8, 4) is 17.6 Å². The first kappa shape index (κ1) is 18.8. The maximum atomic E-state index is 11.2. The molecule has 0 saturated carbocycles. The van der Waals surface area contributed by atoms with Crippen molar-refractivity contribution in [2.75, 3.05) is 7.11 Å². The number of hydrogen-bond acceptors (Lipinski definition) is 4. The molecule has 5 nitrogen and oxygen atoms in total. The molecule has 0 unspecified atom stereocenters. The minimum Gasteiger partial charge on any atom is -0.493 e. The first-order valence-electron chi connectivity index (χ1n) is 7.11. The number of carbonyl (C=O) groups excluding carboxylic acids is 1. The monoisotopic (exact) mass is 420 g/mol. The van der Waals surface area contributed by atoms with Gasteiger partial charge in [-0.05, 0) is 45.8 Å². The van der Waals surface area contributed by atoms with Crippen LogP contribution in [0.5, 0.6) is 11.5 Å². The zero-order valence-electron chi connectivity index (χ0n) is 13.3. The van der Waals surface area contributed by atoms with Gasteiger partial charge in [0.15, 0.2) is 11.5 Å². The molecule has 0 aromatic heterocycles. The highest BCUT2D eigenvalue weighted by atomic mass is 79.9. The number of ether oxygens (including phenoxy) is 2. The molecule has 2 aromatic carbocycles. The van der Waals surface area contributed by atoms with Gasteiger partial charge >= 0.3 is 0 Å². The van der Waals surface area contributed by atoms with Crippen molar-refractivity contribution in [3.63, 3.8) is 0 Å². The average Bonchev–Trinajstić information content (AvgIpc) is 2.59. The van der Waals surface area contributed by atoms with Crippen LogP contribution in [0.2, 0.25) is 5.02 Å². The van der Waals surface area contributed by atoms with Crippen LogP contribution in [0.15, 0.2) is 46.4 Å². The maximum Gasteiger partial charge on any atom is 0.259 e. The van der Waals surface area contributed by atoms with E-state index in [1.54, 1.807) is 24.3 Å². The first-order valence-corrected chi connectivity index (χ1v) is 8.28. The summed E-state index contributed by atoms with van der Waals surface area (Å²) in [6.07, 6.45) is 1.38. The number of amides is 1. The molecule has 0 heterocycles. The number of hydrogen-bond donors (Lipinski definition) is 1. The zero-order chi connectivity index (χ0) is 18.4. The van der Waals surface area contributed by atoms with Gasteiger partial charge in [-0.3, -0.25) is 4.79 Å². The van der Waals surface area contributed by atoms with Crippen molar-refractivity contribution in [3.05, 3.63) is 62.6 Å². The first-order chi connectivity index (χ1) is 12.0. The van der Waals surface area contributed by atoms with Crippen molar-refractivity contribution in [1.29, 1.82) is 5.26 Å². The Balaban J connectivity index is 2.33. The Hall–Kier alpha value is -2.49. The standard InChI is InChI=1S/C18H14BrClN2O3/c1-24-16-8-11(6-13(9-21)18(22)23)7-14(19)17(16)25-10-12-4-2-3-5-15(12)20/h2-8H,10H2,1H3,(H2,22,23)/b13-6+. The molecule has 0 atom stereocenters. The van der Waals surface area contributed by atoms with Gasteiger partial charge in [-0.1, -0.05) is 29.8 Å². The summed E-state index contributed by atoms with van der Waals surface area (Å²) >= 11 is 9.54. The summed E-state index contributed by atoms with van der Waals surface area (Å²) in [6.45, 7) is 0.258. The van der Waals surface area contributed by atoms with Gasteiger partial charge in [0.1, 0.15) is 18.2 Å². The lowest BCUT2D eigenvalue weighted by Crippen LogP contribution is -2.12. The Labute approximate surface area is 158 Å². The van der Waals surface area contributed by atoms with Crippen LogP contribution in [-0.4, -0.2) is 13.0 Å². The fourth-order valence-corrected chi connectivity index (χ4v) is 2.82. The van der Waals surface area contributed by atoms with E-state index in [4.69, 9.17) is 32.1 Å². The lowest BCUT2D eigenvalue weighted by Gasteiger charge is -2.14. The van der Waals surface area contributed by atoms with E-state index >= 15 is 0 Å². The average molecular weight is 422 g/mol. The fraction of sp³-hybridized carbons (Fsp3) is 0.111. The number of nitriles is 1. The van der Waals surface area contributed by atoms with Gasteiger partial charge in [-0.15, -0.1) is 0 Å². The van der Waals surface area contributed by atoms with Crippen molar-refractivity contribution in [2.24, 2.45) is 5.73 Å². The van der Waals surface area contributed by atoms with Crippen LogP contribution in [0.25, 0.3) is 6.08 Å². The van der Waals surface area contributed by atoms with Gasteiger partial charge in [0, 0.05) is 10.6 Å². The van der Waals surface area contributed by atoms with Crippen LogP contribution in [0.4, 0.5) is 0 Å². The third-order valence-corrected chi connectivity index (χ3v) is 4.24. The predicted octanol–water partition coefficient (Wildman–Crippen LogP) is 4.08. The SMILES string of the molecule is COc1cc(/C=C(\C#N)C(N)=O)cc(Br)c1OCc1ccccc1Cl. The number of nitrogens with two attached hydrogens (primary N) is 1. The van der Waals surface area contributed by atoms with Crippen molar-refractivity contribution >= 4 is 39.5 Å². The molecule has 2 aromatic rings. The van der Waals surface area contributed by atoms with E-state index in [2.05, 4.69) is 15.9 Å². The number of nitrogens with zero attached hydrogens (tertiary/aromatic N) is 1. The second kappa shape index (κ2) is 8.56. The second-order valence-electron chi connectivity index (χ2n) is 4.95. The van der Waals surface area contributed by atoms with Crippen LogP contribution >= 0.6 is 27.5 Å². The molecule has 128 valence electrons. The summed E-state index contributed by atoms with van der Waals surface area (Å²) in [5, 5.41) is 9.55. The molecule has 0 bridgehead atoms. The van der Waals surface area contributed by atoms with Gasteiger partial charge < -0.3 is 15.2 Å². The number of halogens is 2. The van der Waals surface area contributed by atoms with E-state index in [1.165, 1.54) is 13.2 Å². The molecule has 0 fully saturated rings. The zero-order valence-corrected chi connectivity index (χ0v) is 15.6.